The van der Waals surface area contributed by atoms with Gasteiger partial charge in [-0.3, -0.25) is 9.59 Å². The quantitative estimate of drug-likeness (QED) is 0.680. The maximum Gasteiger partial charge on any atom is 0.416 e. The fourth-order valence-corrected chi connectivity index (χ4v) is 2.33. The van der Waals surface area contributed by atoms with Gasteiger partial charge in [0, 0.05) is 13.3 Å². The molecule has 0 unspecified atom stereocenters. The Bertz CT molecular complexity index is 674. The molecule has 2 atom stereocenters. The summed E-state index contributed by atoms with van der Waals surface area (Å²) in [6.45, 7) is 4.56. The first-order chi connectivity index (χ1) is 11.9. The minimum absolute atomic E-state index is 0.119. The number of halogens is 3. The highest BCUT2D eigenvalue weighted by atomic mass is 19.4. The summed E-state index contributed by atoms with van der Waals surface area (Å²) in [6.07, 6.45) is -4.87. The van der Waals surface area contributed by atoms with E-state index in [2.05, 4.69) is 10.6 Å². The molecule has 9 heteroatoms. The lowest BCUT2D eigenvalue weighted by molar-refractivity contribution is -0.142. The lowest BCUT2D eigenvalue weighted by Gasteiger charge is -2.23. The number of carboxylic acids is 1. The number of alkyl halides is 3. The van der Waals surface area contributed by atoms with Crippen molar-refractivity contribution < 1.29 is 32.7 Å². The van der Waals surface area contributed by atoms with E-state index in [9.17, 15) is 32.7 Å². The third-order valence-electron chi connectivity index (χ3n) is 3.62. The van der Waals surface area contributed by atoms with Crippen LogP contribution < -0.4 is 10.6 Å². The first-order valence-corrected chi connectivity index (χ1v) is 7.88. The summed E-state index contributed by atoms with van der Waals surface area (Å²) in [5, 5.41) is 14.0. The van der Waals surface area contributed by atoms with Gasteiger partial charge in [-0.15, -0.1) is 0 Å². The minimum Gasteiger partial charge on any atom is -0.480 e. The molecule has 0 aliphatic rings. The highest BCUT2D eigenvalue weighted by Gasteiger charge is 2.31. The normalized spacial score (nSPS) is 13.8. The van der Waals surface area contributed by atoms with Crippen LogP contribution in [-0.2, 0) is 27.0 Å². The summed E-state index contributed by atoms with van der Waals surface area (Å²) in [7, 11) is 0. The van der Waals surface area contributed by atoms with E-state index in [1.165, 1.54) is 19.1 Å². The van der Waals surface area contributed by atoms with Crippen LogP contribution in [0.25, 0.3) is 0 Å². The zero-order valence-electron chi connectivity index (χ0n) is 14.6. The molecule has 26 heavy (non-hydrogen) atoms. The number of aliphatic carboxylic acids is 1. The molecule has 3 N–H and O–H groups in total. The Hall–Kier alpha value is -2.58. The maximum absolute atomic E-state index is 12.8. The van der Waals surface area contributed by atoms with Crippen molar-refractivity contribution in [1.29, 1.82) is 0 Å². The molecule has 0 saturated heterocycles. The van der Waals surface area contributed by atoms with Crippen LogP contribution in [0.3, 0.4) is 0 Å². The van der Waals surface area contributed by atoms with Crippen molar-refractivity contribution >= 4 is 17.8 Å². The van der Waals surface area contributed by atoms with Crippen molar-refractivity contribution in [2.24, 2.45) is 5.92 Å². The smallest absolute Gasteiger partial charge is 0.416 e. The molecule has 0 aliphatic heterocycles. The number of amides is 2. The largest absolute Gasteiger partial charge is 0.480 e. The number of carboxylic acid groups (broad SMARTS) is 1. The molecule has 144 valence electrons. The van der Waals surface area contributed by atoms with Crippen molar-refractivity contribution in [3.63, 3.8) is 0 Å². The standard InChI is InChI=1S/C17H21F3N2O4/c1-9(2)14(21-10(3)23)15(24)22-13(16(25)26)8-11-5-4-6-12(7-11)17(18,19)20/h4-7,9,13-14H,8H2,1-3H3,(H,21,23)(H,22,24)(H,25,26)/t13-,14-/m1/s1. The molecule has 0 spiro atoms. The number of rotatable bonds is 7. The predicted octanol–water partition coefficient (Wildman–Crippen LogP) is 1.98. The van der Waals surface area contributed by atoms with Crippen LogP contribution in [0.1, 0.15) is 31.9 Å². The van der Waals surface area contributed by atoms with Crippen LogP contribution in [0.15, 0.2) is 24.3 Å². The number of nitrogens with one attached hydrogen (secondary N) is 2. The number of benzene rings is 1. The molecular formula is C17H21F3N2O4. The zero-order valence-corrected chi connectivity index (χ0v) is 14.6. The van der Waals surface area contributed by atoms with Gasteiger partial charge in [0.25, 0.3) is 0 Å². The topological polar surface area (TPSA) is 95.5 Å². The molecule has 2 amide bonds. The molecule has 6 nitrogen and oxygen atoms in total. The number of carbonyl (C=O) groups excluding carboxylic acids is 2. The second-order valence-corrected chi connectivity index (χ2v) is 6.22. The van der Waals surface area contributed by atoms with E-state index in [0.29, 0.717) is 0 Å². The summed E-state index contributed by atoms with van der Waals surface area (Å²) < 4.78 is 38.3. The molecule has 0 aromatic heterocycles. The van der Waals surface area contributed by atoms with E-state index < -0.39 is 41.6 Å². The molecule has 1 aromatic carbocycles. The summed E-state index contributed by atoms with van der Waals surface area (Å²) in [4.78, 5) is 34.9. The first kappa shape index (κ1) is 21.5. The fourth-order valence-electron chi connectivity index (χ4n) is 2.33. The molecule has 1 aromatic rings. The van der Waals surface area contributed by atoms with E-state index in [-0.39, 0.29) is 17.9 Å². The van der Waals surface area contributed by atoms with E-state index in [1.54, 1.807) is 13.8 Å². The Labute approximate surface area is 148 Å². The Kier molecular flexibility index (Phi) is 7.17. The number of carbonyl (C=O) groups is 3. The average molecular weight is 374 g/mol. The van der Waals surface area contributed by atoms with Crippen molar-refractivity contribution in [2.45, 2.75) is 45.5 Å². The molecule has 0 bridgehead atoms. The lowest BCUT2D eigenvalue weighted by Crippen LogP contribution is -2.53. The zero-order chi connectivity index (χ0) is 20.1. The summed E-state index contributed by atoms with van der Waals surface area (Å²) in [5.41, 5.74) is -0.781. The minimum atomic E-state index is -4.55. The van der Waals surface area contributed by atoms with Crippen LogP contribution in [0.2, 0.25) is 0 Å². The van der Waals surface area contributed by atoms with Crippen molar-refractivity contribution in [3.05, 3.63) is 35.4 Å². The third kappa shape index (κ3) is 6.38. The van der Waals surface area contributed by atoms with Crippen LogP contribution in [0.5, 0.6) is 0 Å². The molecule has 1 rings (SSSR count). The summed E-state index contributed by atoms with van der Waals surface area (Å²) >= 11 is 0. The summed E-state index contributed by atoms with van der Waals surface area (Å²) in [5.74, 6) is -2.86. The molecule has 0 aliphatic carbocycles. The van der Waals surface area contributed by atoms with Gasteiger partial charge in [-0.2, -0.15) is 13.2 Å². The van der Waals surface area contributed by atoms with E-state index in [1.807, 2.05) is 0 Å². The number of hydrogen-bond acceptors (Lipinski definition) is 3. The SMILES string of the molecule is CC(=O)N[C@@H](C(=O)N[C@H](Cc1cccc(C(F)(F)F)c1)C(=O)O)C(C)C. The van der Waals surface area contributed by atoms with Crippen LogP contribution >= 0.6 is 0 Å². The second kappa shape index (κ2) is 8.68. The summed E-state index contributed by atoms with van der Waals surface area (Å²) in [6, 6.07) is 1.87. The van der Waals surface area contributed by atoms with E-state index >= 15 is 0 Å². The van der Waals surface area contributed by atoms with Gasteiger partial charge in [0.15, 0.2) is 0 Å². The van der Waals surface area contributed by atoms with Crippen molar-refractivity contribution in [3.8, 4) is 0 Å². The Morgan fingerprint density at radius 1 is 1.15 bits per heavy atom. The fraction of sp³-hybridized carbons (Fsp3) is 0.471. The Morgan fingerprint density at radius 3 is 2.23 bits per heavy atom. The van der Waals surface area contributed by atoms with E-state index in [0.717, 1.165) is 12.1 Å². The van der Waals surface area contributed by atoms with Crippen molar-refractivity contribution in [2.75, 3.05) is 0 Å². The van der Waals surface area contributed by atoms with Crippen LogP contribution in [0, 0.1) is 5.92 Å². The van der Waals surface area contributed by atoms with Crippen LogP contribution in [0.4, 0.5) is 13.2 Å². The van der Waals surface area contributed by atoms with E-state index in [4.69, 9.17) is 0 Å². The third-order valence-corrected chi connectivity index (χ3v) is 3.62. The Morgan fingerprint density at radius 2 is 1.77 bits per heavy atom. The van der Waals surface area contributed by atoms with Gasteiger partial charge in [0.2, 0.25) is 11.8 Å². The molecule has 0 radical (unpaired) electrons. The van der Waals surface area contributed by atoms with Gasteiger partial charge in [-0.1, -0.05) is 32.0 Å². The molecule has 0 saturated carbocycles. The highest BCUT2D eigenvalue weighted by Crippen LogP contribution is 2.29. The molecule has 0 fully saturated rings. The van der Waals surface area contributed by atoms with Gasteiger partial charge >= 0.3 is 12.1 Å². The van der Waals surface area contributed by atoms with Crippen molar-refractivity contribution in [1.82, 2.24) is 10.6 Å². The second-order valence-electron chi connectivity index (χ2n) is 6.22. The first-order valence-electron chi connectivity index (χ1n) is 7.88. The van der Waals surface area contributed by atoms with Gasteiger partial charge in [0.05, 0.1) is 5.56 Å². The molecular weight excluding hydrogens is 353 g/mol. The van der Waals surface area contributed by atoms with Crippen LogP contribution in [-0.4, -0.2) is 35.0 Å². The van der Waals surface area contributed by atoms with Gasteiger partial charge in [-0.05, 0) is 17.5 Å². The maximum atomic E-state index is 12.8. The number of hydrogen-bond donors (Lipinski definition) is 3. The average Bonchev–Trinajstić information content (AvgIpc) is 2.50. The lowest BCUT2D eigenvalue weighted by atomic mass is 10.0. The van der Waals surface area contributed by atoms with Gasteiger partial charge in [0.1, 0.15) is 12.1 Å². The Balaban J connectivity index is 2.95. The van der Waals surface area contributed by atoms with Gasteiger partial charge in [-0.25, -0.2) is 4.79 Å². The predicted molar refractivity (Wildman–Crippen MR) is 87.2 cm³/mol. The monoisotopic (exact) mass is 374 g/mol. The highest BCUT2D eigenvalue weighted by molar-refractivity contribution is 5.90. The van der Waals surface area contributed by atoms with Gasteiger partial charge < -0.3 is 15.7 Å². The molecule has 0 heterocycles.